The largest absolute Gasteiger partial charge is 0.367 e. The van der Waals surface area contributed by atoms with Gasteiger partial charge in [-0.3, -0.25) is 4.98 Å². The molecule has 0 aliphatic heterocycles. The summed E-state index contributed by atoms with van der Waals surface area (Å²) in [6.07, 6.45) is 6.07. The number of aromatic nitrogens is 3. The third-order valence-electron chi connectivity index (χ3n) is 2.72. The number of hydrogen-bond donors (Lipinski definition) is 1. The normalized spacial score (nSPS) is 14.6. The number of aryl methyl sites for hydroxylation is 1. The zero-order valence-corrected chi connectivity index (χ0v) is 9.72. The van der Waals surface area contributed by atoms with E-state index in [9.17, 15) is 0 Å². The lowest BCUT2D eigenvalue weighted by Gasteiger charge is -2.07. The highest BCUT2D eigenvalue weighted by Gasteiger charge is 2.21. The van der Waals surface area contributed by atoms with Gasteiger partial charge in [0.05, 0.1) is 5.69 Å². The molecule has 0 amide bonds. The minimum absolute atomic E-state index is 0.603. The van der Waals surface area contributed by atoms with Crippen LogP contribution in [0, 0.1) is 6.92 Å². The van der Waals surface area contributed by atoms with Crippen molar-refractivity contribution in [3.05, 3.63) is 36.4 Å². The zero-order chi connectivity index (χ0) is 11.7. The molecule has 2 heterocycles. The van der Waals surface area contributed by atoms with E-state index < -0.39 is 0 Å². The second-order valence-electron chi connectivity index (χ2n) is 4.35. The van der Waals surface area contributed by atoms with Gasteiger partial charge in [-0.2, -0.15) is 0 Å². The summed E-state index contributed by atoms with van der Waals surface area (Å²) in [5.41, 5.74) is 1.95. The van der Waals surface area contributed by atoms with Gasteiger partial charge in [0, 0.05) is 30.1 Å². The molecule has 1 aliphatic carbocycles. The Morgan fingerprint density at radius 1 is 1.29 bits per heavy atom. The van der Waals surface area contributed by atoms with Gasteiger partial charge < -0.3 is 5.32 Å². The molecule has 3 rings (SSSR count). The molecule has 86 valence electrons. The summed E-state index contributed by atoms with van der Waals surface area (Å²) in [6.45, 7) is 1.91. The predicted octanol–water partition coefficient (Wildman–Crippen LogP) is 2.42. The summed E-state index contributed by atoms with van der Waals surface area (Å²) >= 11 is 0. The van der Waals surface area contributed by atoms with Gasteiger partial charge in [-0.05, 0) is 31.9 Å². The van der Waals surface area contributed by atoms with Crippen molar-refractivity contribution in [2.45, 2.75) is 25.8 Å². The molecule has 1 N–H and O–H groups in total. The van der Waals surface area contributed by atoms with Crippen molar-refractivity contribution in [2.24, 2.45) is 0 Å². The fourth-order valence-electron chi connectivity index (χ4n) is 1.74. The van der Waals surface area contributed by atoms with E-state index in [-0.39, 0.29) is 0 Å². The summed E-state index contributed by atoms with van der Waals surface area (Å²) in [5.74, 6) is 1.70. The maximum absolute atomic E-state index is 4.44. The number of nitrogens with one attached hydrogen (secondary N) is 1. The van der Waals surface area contributed by atoms with Crippen LogP contribution in [0.5, 0.6) is 0 Å². The van der Waals surface area contributed by atoms with Crippen molar-refractivity contribution < 1.29 is 0 Å². The molecule has 1 aliphatic rings. The lowest BCUT2D eigenvalue weighted by atomic mass is 10.2. The Labute approximate surface area is 100 Å². The quantitative estimate of drug-likeness (QED) is 0.873. The summed E-state index contributed by atoms with van der Waals surface area (Å²) in [4.78, 5) is 13.0. The van der Waals surface area contributed by atoms with Crippen LogP contribution in [0.15, 0.2) is 30.6 Å². The Kier molecular flexibility index (Phi) is 2.48. The van der Waals surface area contributed by atoms with Crippen molar-refractivity contribution in [3.63, 3.8) is 0 Å². The van der Waals surface area contributed by atoms with Crippen LogP contribution in [0.1, 0.15) is 18.7 Å². The Bertz CT molecular complexity index is 520. The van der Waals surface area contributed by atoms with Crippen LogP contribution in [-0.2, 0) is 0 Å². The zero-order valence-electron chi connectivity index (χ0n) is 9.72. The van der Waals surface area contributed by atoms with Crippen LogP contribution in [0.2, 0.25) is 0 Å². The first kappa shape index (κ1) is 10.2. The molecule has 2 aromatic heterocycles. The van der Waals surface area contributed by atoms with Crippen molar-refractivity contribution >= 4 is 5.82 Å². The first-order valence-electron chi connectivity index (χ1n) is 5.84. The predicted molar refractivity (Wildman–Crippen MR) is 66.6 cm³/mol. The Morgan fingerprint density at radius 2 is 2.18 bits per heavy atom. The molecule has 0 atom stereocenters. The number of nitrogens with zero attached hydrogens (tertiary/aromatic N) is 3. The molecule has 1 saturated carbocycles. The molecule has 0 unspecified atom stereocenters. The van der Waals surface area contributed by atoms with Crippen LogP contribution >= 0.6 is 0 Å². The van der Waals surface area contributed by atoms with Crippen LogP contribution in [0.3, 0.4) is 0 Å². The fourth-order valence-corrected chi connectivity index (χ4v) is 1.74. The van der Waals surface area contributed by atoms with E-state index in [1.54, 1.807) is 6.20 Å². The van der Waals surface area contributed by atoms with Crippen LogP contribution in [0.4, 0.5) is 5.82 Å². The highest BCUT2D eigenvalue weighted by molar-refractivity contribution is 5.61. The Morgan fingerprint density at radius 3 is 2.88 bits per heavy atom. The molecule has 0 radical (unpaired) electrons. The van der Waals surface area contributed by atoms with Crippen molar-refractivity contribution in [1.29, 1.82) is 0 Å². The maximum atomic E-state index is 4.44. The molecular formula is C13H14N4. The van der Waals surface area contributed by atoms with Gasteiger partial charge in [0.2, 0.25) is 0 Å². The van der Waals surface area contributed by atoms with Gasteiger partial charge >= 0.3 is 0 Å². The van der Waals surface area contributed by atoms with E-state index in [4.69, 9.17) is 0 Å². The SMILES string of the molecule is Cc1nc(NC2CC2)cc(-c2cccnc2)n1. The highest BCUT2D eigenvalue weighted by atomic mass is 15.1. The van der Waals surface area contributed by atoms with Crippen molar-refractivity contribution in [3.8, 4) is 11.3 Å². The molecule has 17 heavy (non-hydrogen) atoms. The Hall–Kier alpha value is -1.97. The van der Waals surface area contributed by atoms with Crippen molar-refractivity contribution in [2.75, 3.05) is 5.32 Å². The van der Waals surface area contributed by atoms with E-state index in [1.807, 2.05) is 31.3 Å². The van der Waals surface area contributed by atoms with E-state index in [2.05, 4.69) is 20.3 Å². The third kappa shape index (κ3) is 2.41. The van der Waals surface area contributed by atoms with Crippen LogP contribution < -0.4 is 5.32 Å². The second kappa shape index (κ2) is 4.13. The van der Waals surface area contributed by atoms with Gasteiger partial charge in [0.1, 0.15) is 11.6 Å². The fraction of sp³-hybridized carbons (Fsp3) is 0.308. The molecule has 0 bridgehead atoms. The molecule has 2 aromatic rings. The average Bonchev–Trinajstić information content (AvgIpc) is 3.13. The number of pyridine rings is 1. The minimum atomic E-state index is 0.603. The van der Waals surface area contributed by atoms with E-state index >= 15 is 0 Å². The molecule has 1 fully saturated rings. The van der Waals surface area contributed by atoms with Gasteiger partial charge in [0.15, 0.2) is 0 Å². The molecular weight excluding hydrogens is 212 g/mol. The second-order valence-corrected chi connectivity index (χ2v) is 4.35. The lowest BCUT2D eigenvalue weighted by molar-refractivity contribution is 1.02. The molecule has 0 aromatic carbocycles. The standard InChI is InChI=1S/C13H14N4/c1-9-15-12(10-3-2-6-14-8-10)7-13(16-9)17-11-4-5-11/h2-3,6-8,11H,4-5H2,1H3,(H,15,16,17). The number of rotatable bonds is 3. The monoisotopic (exact) mass is 226 g/mol. The third-order valence-corrected chi connectivity index (χ3v) is 2.72. The molecule has 0 saturated heterocycles. The van der Waals surface area contributed by atoms with E-state index in [0.717, 1.165) is 22.9 Å². The summed E-state index contributed by atoms with van der Waals surface area (Å²) in [7, 11) is 0. The molecule has 4 nitrogen and oxygen atoms in total. The average molecular weight is 226 g/mol. The smallest absolute Gasteiger partial charge is 0.130 e. The summed E-state index contributed by atoms with van der Waals surface area (Å²) in [5, 5.41) is 3.40. The van der Waals surface area contributed by atoms with Crippen LogP contribution in [0.25, 0.3) is 11.3 Å². The van der Waals surface area contributed by atoms with Gasteiger partial charge in [-0.1, -0.05) is 0 Å². The summed E-state index contributed by atoms with van der Waals surface area (Å²) in [6, 6.07) is 6.52. The van der Waals surface area contributed by atoms with Gasteiger partial charge in [-0.25, -0.2) is 9.97 Å². The maximum Gasteiger partial charge on any atom is 0.130 e. The molecule has 0 spiro atoms. The first-order valence-corrected chi connectivity index (χ1v) is 5.84. The lowest BCUT2D eigenvalue weighted by Crippen LogP contribution is -2.05. The molecule has 4 heteroatoms. The Balaban J connectivity index is 1.95. The van der Waals surface area contributed by atoms with Crippen molar-refractivity contribution in [1.82, 2.24) is 15.0 Å². The van der Waals surface area contributed by atoms with Crippen LogP contribution in [-0.4, -0.2) is 21.0 Å². The minimum Gasteiger partial charge on any atom is -0.367 e. The van der Waals surface area contributed by atoms with Gasteiger partial charge in [0.25, 0.3) is 0 Å². The highest BCUT2D eigenvalue weighted by Crippen LogP contribution is 2.25. The topological polar surface area (TPSA) is 50.7 Å². The number of anilines is 1. The van der Waals surface area contributed by atoms with E-state index in [1.165, 1.54) is 12.8 Å². The van der Waals surface area contributed by atoms with Gasteiger partial charge in [-0.15, -0.1) is 0 Å². The first-order chi connectivity index (χ1) is 8.31. The number of hydrogen-bond acceptors (Lipinski definition) is 4. The van der Waals surface area contributed by atoms with E-state index in [0.29, 0.717) is 6.04 Å². The summed E-state index contributed by atoms with van der Waals surface area (Å²) < 4.78 is 0.